The zero-order chi connectivity index (χ0) is 15.4. The Labute approximate surface area is 129 Å². The first-order valence-corrected chi connectivity index (χ1v) is 7.50. The number of hydrogen-bond acceptors (Lipinski definition) is 6. The van der Waals surface area contributed by atoms with Gasteiger partial charge in [-0.1, -0.05) is 23.3 Å². The Morgan fingerprint density at radius 1 is 0.909 bits per heavy atom. The van der Waals surface area contributed by atoms with E-state index in [1.54, 1.807) is 21.8 Å². The molecule has 22 heavy (non-hydrogen) atoms. The van der Waals surface area contributed by atoms with Crippen LogP contribution in [0.3, 0.4) is 0 Å². The van der Waals surface area contributed by atoms with Crippen molar-refractivity contribution in [3.63, 3.8) is 0 Å². The summed E-state index contributed by atoms with van der Waals surface area (Å²) in [6.07, 6.45) is 11.8. The predicted molar refractivity (Wildman–Crippen MR) is 83.2 cm³/mol. The standard InChI is InChI=1S/C14H20N8/c1-21-9-11(17-19-21)7-15-13-5-3-4-6-14(13)16-8-12-10-22(2)20-18-12/h7-10,13-14H,3-6H2,1-2H3. The van der Waals surface area contributed by atoms with Crippen molar-refractivity contribution >= 4 is 12.4 Å². The normalized spacial score (nSPS) is 22.8. The van der Waals surface area contributed by atoms with Crippen LogP contribution in [0.1, 0.15) is 37.1 Å². The molecule has 0 aromatic carbocycles. The molecule has 1 saturated carbocycles. The maximum Gasteiger partial charge on any atom is 0.123 e. The summed E-state index contributed by atoms with van der Waals surface area (Å²) in [4.78, 5) is 9.34. The molecule has 2 heterocycles. The highest BCUT2D eigenvalue weighted by Gasteiger charge is 2.23. The third-order valence-electron chi connectivity index (χ3n) is 3.73. The Balaban J connectivity index is 1.68. The van der Waals surface area contributed by atoms with Crippen molar-refractivity contribution < 1.29 is 0 Å². The Morgan fingerprint density at radius 3 is 1.73 bits per heavy atom. The van der Waals surface area contributed by atoms with Gasteiger partial charge in [-0.2, -0.15) is 0 Å². The summed E-state index contributed by atoms with van der Waals surface area (Å²) >= 11 is 0. The van der Waals surface area contributed by atoms with Gasteiger partial charge in [0.05, 0.1) is 36.9 Å². The van der Waals surface area contributed by atoms with Crippen LogP contribution in [-0.4, -0.2) is 54.5 Å². The highest BCUT2D eigenvalue weighted by atomic mass is 15.4. The molecule has 116 valence electrons. The van der Waals surface area contributed by atoms with E-state index in [2.05, 4.69) is 30.6 Å². The minimum atomic E-state index is 0.198. The molecule has 2 atom stereocenters. The molecule has 0 spiro atoms. The molecule has 2 aromatic rings. The van der Waals surface area contributed by atoms with E-state index in [1.165, 1.54) is 12.8 Å². The van der Waals surface area contributed by atoms with Crippen molar-refractivity contribution in [2.24, 2.45) is 24.1 Å². The topological polar surface area (TPSA) is 86.1 Å². The second-order valence-corrected chi connectivity index (χ2v) is 5.61. The van der Waals surface area contributed by atoms with Crippen LogP contribution in [0.4, 0.5) is 0 Å². The zero-order valence-electron chi connectivity index (χ0n) is 12.9. The second kappa shape index (κ2) is 6.59. The Hall–Kier alpha value is -2.38. The molecule has 1 fully saturated rings. The molecule has 2 unspecified atom stereocenters. The van der Waals surface area contributed by atoms with E-state index in [1.807, 2.05) is 26.5 Å². The molecule has 1 aliphatic rings. The largest absolute Gasteiger partial charge is 0.285 e. The molecule has 0 bridgehead atoms. The summed E-state index contributed by atoms with van der Waals surface area (Å²) in [7, 11) is 3.69. The third-order valence-corrected chi connectivity index (χ3v) is 3.73. The highest BCUT2D eigenvalue weighted by Crippen LogP contribution is 2.23. The summed E-state index contributed by atoms with van der Waals surface area (Å²) < 4.78 is 3.35. The average Bonchev–Trinajstić information content (AvgIpc) is 3.12. The minimum Gasteiger partial charge on any atom is -0.285 e. The van der Waals surface area contributed by atoms with Crippen LogP contribution in [0.25, 0.3) is 0 Å². The molecule has 8 heteroatoms. The fourth-order valence-electron chi connectivity index (χ4n) is 2.63. The van der Waals surface area contributed by atoms with E-state index in [4.69, 9.17) is 0 Å². The van der Waals surface area contributed by atoms with Crippen LogP contribution >= 0.6 is 0 Å². The lowest BCUT2D eigenvalue weighted by Crippen LogP contribution is -2.27. The summed E-state index contributed by atoms with van der Waals surface area (Å²) in [5.74, 6) is 0. The van der Waals surface area contributed by atoms with Crippen LogP contribution in [0.5, 0.6) is 0 Å². The average molecular weight is 300 g/mol. The van der Waals surface area contributed by atoms with E-state index in [0.717, 1.165) is 24.2 Å². The monoisotopic (exact) mass is 300 g/mol. The van der Waals surface area contributed by atoms with Gasteiger partial charge in [0.1, 0.15) is 11.4 Å². The smallest absolute Gasteiger partial charge is 0.123 e. The van der Waals surface area contributed by atoms with Gasteiger partial charge in [-0.15, -0.1) is 10.2 Å². The molecule has 1 aliphatic carbocycles. The summed E-state index contributed by atoms with van der Waals surface area (Å²) in [5, 5.41) is 15.9. The molecule has 2 aromatic heterocycles. The van der Waals surface area contributed by atoms with Crippen molar-refractivity contribution in [2.75, 3.05) is 0 Å². The first kappa shape index (κ1) is 14.6. The van der Waals surface area contributed by atoms with Gasteiger partial charge < -0.3 is 0 Å². The fraction of sp³-hybridized carbons (Fsp3) is 0.571. The van der Waals surface area contributed by atoms with E-state index in [9.17, 15) is 0 Å². The van der Waals surface area contributed by atoms with Gasteiger partial charge >= 0.3 is 0 Å². The van der Waals surface area contributed by atoms with Crippen LogP contribution in [0.2, 0.25) is 0 Å². The van der Waals surface area contributed by atoms with Gasteiger partial charge in [0.15, 0.2) is 0 Å². The van der Waals surface area contributed by atoms with Crippen molar-refractivity contribution in [1.82, 2.24) is 30.0 Å². The number of aromatic nitrogens is 6. The molecular weight excluding hydrogens is 280 g/mol. The van der Waals surface area contributed by atoms with Crippen LogP contribution < -0.4 is 0 Å². The second-order valence-electron chi connectivity index (χ2n) is 5.61. The van der Waals surface area contributed by atoms with Gasteiger partial charge in [0.25, 0.3) is 0 Å². The van der Waals surface area contributed by atoms with Crippen LogP contribution in [0, 0.1) is 0 Å². The molecule has 8 nitrogen and oxygen atoms in total. The van der Waals surface area contributed by atoms with Gasteiger partial charge in [-0.3, -0.25) is 19.3 Å². The number of rotatable bonds is 4. The first-order valence-electron chi connectivity index (χ1n) is 7.50. The number of hydrogen-bond donors (Lipinski definition) is 0. The Bertz CT molecular complexity index is 610. The zero-order valence-corrected chi connectivity index (χ0v) is 12.9. The van der Waals surface area contributed by atoms with E-state index >= 15 is 0 Å². The van der Waals surface area contributed by atoms with E-state index in [0.29, 0.717) is 0 Å². The molecular formula is C14H20N8. The molecule has 0 aliphatic heterocycles. The van der Waals surface area contributed by atoms with Crippen molar-refractivity contribution in [3.05, 3.63) is 23.8 Å². The number of nitrogens with zero attached hydrogens (tertiary/aromatic N) is 8. The predicted octanol–water partition coefficient (Wildman–Crippen LogP) is 0.793. The maximum absolute atomic E-state index is 4.67. The minimum absolute atomic E-state index is 0.198. The van der Waals surface area contributed by atoms with Gasteiger partial charge in [0, 0.05) is 14.1 Å². The van der Waals surface area contributed by atoms with E-state index in [-0.39, 0.29) is 12.1 Å². The molecule has 3 rings (SSSR count). The lowest BCUT2D eigenvalue weighted by atomic mass is 9.91. The first-order chi connectivity index (χ1) is 10.7. The maximum atomic E-state index is 4.67. The number of aliphatic imine (C=N–C) groups is 2. The number of aryl methyl sites for hydroxylation is 2. The fourth-order valence-corrected chi connectivity index (χ4v) is 2.63. The van der Waals surface area contributed by atoms with Crippen molar-refractivity contribution in [2.45, 2.75) is 37.8 Å². The van der Waals surface area contributed by atoms with E-state index < -0.39 is 0 Å². The highest BCUT2D eigenvalue weighted by molar-refractivity contribution is 5.77. The quantitative estimate of drug-likeness (QED) is 0.781. The summed E-state index contributed by atoms with van der Waals surface area (Å²) in [6.45, 7) is 0. The van der Waals surface area contributed by atoms with Crippen molar-refractivity contribution in [1.29, 1.82) is 0 Å². The lowest BCUT2D eigenvalue weighted by Gasteiger charge is -2.25. The lowest BCUT2D eigenvalue weighted by molar-refractivity contribution is 0.390. The van der Waals surface area contributed by atoms with Crippen LogP contribution in [-0.2, 0) is 14.1 Å². The molecule has 0 amide bonds. The van der Waals surface area contributed by atoms with Crippen molar-refractivity contribution in [3.8, 4) is 0 Å². The summed E-state index contributed by atoms with van der Waals surface area (Å²) in [5.41, 5.74) is 1.56. The van der Waals surface area contributed by atoms with Gasteiger partial charge in [0.2, 0.25) is 0 Å². The SMILES string of the molecule is Cn1cc(C=NC2CCCCC2N=Cc2cn(C)nn2)nn1. The van der Waals surface area contributed by atoms with Gasteiger partial charge in [-0.05, 0) is 12.8 Å². The molecule has 0 saturated heterocycles. The third kappa shape index (κ3) is 3.63. The Morgan fingerprint density at radius 2 is 1.36 bits per heavy atom. The summed E-state index contributed by atoms with van der Waals surface area (Å²) in [6, 6.07) is 0.396. The molecule has 0 radical (unpaired) electrons. The molecule has 0 N–H and O–H groups in total. The van der Waals surface area contributed by atoms with Crippen LogP contribution in [0.15, 0.2) is 22.4 Å². The van der Waals surface area contributed by atoms with Gasteiger partial charge in [-0.25, -0.2) is 0 Å². The Kier molecular flexibility index (Phi) is 4.36.